The SMILES string of the molecule is O=C(NCCCNC1=NCc2ccccc21)c1ccco1. The van der Waals surface area contributed by atoms with Gasteiger partial charge in [0.15, 0.2) is 5.76 Å². The summed E-state index contributed by atoms with van der Waals surface area (Å²) >= 11 is 0. The Balaban J connectivity index is 1.39. The summed E-state index contributed by atoms with van der Waals surface area (Å²) in [5, 5.41) is 6.14. The van der Waals surface area contributed by atoms with E-state index in [0.717, 1.165) is 25.3 Å². The van der Waals surface area contributed by atoms with Crippen molar-refractivity contribution in [2.75, 3.05) is 13.1 Å². The van der Waals surface area contributed by atoms with Gasteiger partial charge in [0.05, 0.1) is 12.8 Å². The summed E-state index contributed by atoms with van der Waals surface area (Å²) in [6.07, 6.45) is 2.32. The van der Waals surface area contributed by atoms with Gasteiger partial charge in [0, 0.05) is 18.7 Å². The highest BCUT2D eigenvalue weighted by Crippen LogP contribution is 2.16. The van der Waals surface area contributed by atoms with E-state index >= 15 is 0 Å². The standard InChI is InChI=1S/C16H17N3O2/c20-16(14-7-3-10-21-14)18-9-4-8-17-15-13-6-2-1-5-12(13)11-19-15/h1-3,5-7,10H,4,8-9,11H2,(H,17,19)(H,18,20). The Morgan fingerprint density at radius 3 is 2.95 bits per heavy atom. The van der Waals surface area contributed by atoms with E-state index in [9.17, 15) is 4.79 Å². The van der Waals surface area contributed by atoms with E-state index in [1.165, 1.54) is 17.4 Å². The van der Waals surface area contributed by atoms with Gasteiger partial charge in [0.1, 0.15) is 5.84 Å². The van der Waals surface area contributed by atoms with Crippen LogP contribution in [0, 0.1) is 0 Å². The molecule has 0 aliphatic carbocycles. The van der Waals surface area contributed by atoms with Crippen LogP contribution in [0.4, 0.5) is 0 Å². The van der Waals surface area contributed by atoms with Gasteiger partial charge in [-0.3, -0.25) is 9.79 Å². The summed E-state index contributed by atoms with van der Waals surface area (Å²) in [7, 11) is 0. The number of carbonyl (C=O) groups excluding carboxylic acids is 1. The Kier molecular flexibility index (Phi) is 4.00. The molecule has 0 saturated heterocycles. The van der Waals surface area contributed by atoms with Gasteiger partial charge < -0.3 is 15.1 Å². The highest BCUT2D eigenvalue weighted by molar-refractivity contribution is 6.01. The lowest BCUT2D eigenvalue weighted by atomic mass is 10.1. The van der Waals surface area contributed by atoms with Gasteiger partial charge in [-0.05, 0) is 24.1 Å². The number of nitrogens with zero attached hydrogens (tertiary/aromatic N) is 1. The second-order valence-corrected chi connectivity index (χ2v) is 4.84. The van der Waals surface area contributed by atoms with Crippen molar-refractivity contribution in [2.45, 2.75) is 13.0 Å². The normalized spacial score (nSPS) is 12.7. The van der Waals surface area contributed by atoms with Crippen LogP contribution < -0.4 is 10.6 Å². The van der Waals surface area contributed by atoms with Gasteiger partial charge in [-0.1, -0.05) is 24.3 Å². The maximum absolute atomic E-state index is 11.6. The van der Waals surface area contributed by atoms with Crippen LogP contribution in [0.2, 0.25) is 0 Å². The lowest BCUT2D eigenvalue weighted by molar-refractivity contribution is 0.0925. The molecule has 1 aliphatic heterocycles. The fourth-order valence-electron chi connectivity index (χ4n) is 2.28. The summed E-state index contributed by atoms with van der Waals surface area (Å²) in [6.45, 7) is 2.11. The number of hydrogen-bond acceptors (Lipinski definition) is 4. The topological polar surface area (TPSA) is 66.6 Å². The minimum absolute atomic E-state index is 0.177. The summed E-state index contributed by atoms with van der Waals surface area (Å²) in [5.41, 5.74) is 2.43. The first-order valence-corrected chi connectivity index (χ1v) is 7.03. The molecule has 2 aromatic rings. The molecule has 5 heteroatoms. The summed E-state index contributed by atoms with van der Waals surface area (Å²) in [5.74, 6) is 1.11. The maximum Gasteiger partial charge on any atom is 0.286 e. The van der Waals surface area contributed by atoms with Crippen molar-refractivity contribution >= 4 is 11.7 Å². The van der Waals surface area contributed by atoms with Crippen LogP contribution in [-0.4, -0.2) is 24.8 Å². The third kappa shape index (κ3) is 3.13. The fourth-order valence-corrected chi connectivity index (χ4v) is 2.28. The molecule has 1 amide bonds. The van der Waals surface area contributed by atoms with Crippen molar-refractivity contribution in [3.63, 3.8) is 0 Å². The van der Waals surface area contributed by atoms with Crippen LogP contribution in [0.15, 0.2) is 52.1 Å². The molecule has 0 radical (unpaired) electrons. The molecule has 2 N–H and O–H groups in total. The first-order chi connectivity index (χ1) is 10.3. The Bertz CT molecular complexity index is 647. The lowest BCUT2D eigenvalue weighted by Gasteiger charge is -2.08. The van der Waals surface area contributed by atoms with Gasteiger partial charge in [-0.25, -0.2) is 0 Å². The average Bonchev–Trinajstić information content (AvgIpc) is 3.16. The number of carbonyl (C=O) groups is 1. The van der Waals surface area contributed by atoms with Gasteiger partial charge in [0.25, 0.3) is 5.91 Å². The molecular weight excluding hydrogens is 266 g/mol. The number of hydrogen-bond donors (Lipinski definition) is 2. The zero-order valence-electron chi connectivity index (χ0n) is 11.6. The van der Waals surface area contributed by atoms with E-state index in [2.05, 4.69) is 27.8 Å². The van der Waals surface area contributed by atoms with E-state index in [4.69, 9.17) is 4.42 Å². The number of amidine groups is 1. The average molecular weight is 283 g/mol. The third-order valence-electron chi connectivity index (χ3n) is 3.36. The Morgan fingerprint density at radius 1 is 1.19 bits per heavy atom. The molecule has 0 spiro atoms. The summed E-state index contributed by atoms with van der Waals surface area (Å²) < 4.78 is 5.03. The van der Waals surface area contributed by atoms with Crippen molar-refractivity contribution in [1.82, 2.24) is 10.6 Å². The minimum atomic E-state index is -0.177. The van der Waals surface area contributed by atoms with Crippen molar-refractivity contribution < 1.29 is 9.21 Å². The molecule has 0 atom stereocenters. The summed E-state index contributed by atoms with van der Waals surface area (Å²) in [6, 6.07) is 11.6. The predicted octanol–water partition coefficient (Wildman–Crippen LogP) is 1.95. The summed E-state index contributed by atoms with van der Waals surface area (Å²) in [4.78, 5) is 16.1. The molecule has 0 fully saturated rings. The Morgan fingerprint density at radius 2 is 2.10 bits per heavy atom. The van der Waals surface area contributed by atoms with E-state index in [1.54, 1.807) is 12.1 Å². The van der Waals surface area contributed by atoms with Crippen LogP contribution in [0.25, 0.3) is 0 Å². The molecule has 0 bridgehead atoms. The highest BCUT2D eigenvalue weighted by atomic mass is 16.3. The van der Waals surface area contributed by atoms with Gasteiger partial charge >= 0.3 is 0 Å². The number of rotatable bonds is 5. The first-order valence-electron chi connectivity index (χ1n) is 7.03. The van der Waals surface area contributed by atoms with Crippen molar-refractivity contribution in [1.29, 1.82) is 0 Å². The lowest BCUT2D eigenvalue weighted by Crippen LogP contribution is -2.29. The van der Waals surface area contributed by atoms with E-state index in [-0.39, 0.29) is 5.91 Å². The number of amides is 1. The van der Waals surface area contributed by atoms with Crippen LogP contribution in [0.1, 0.15) is 28.1 Å². The van der Waals surface area contributed by atoms with Gasteiger partial charge in [-0.15, -0.1) is 0 Å². The number of nitrogens with one attached hydrogen (secondary N) is 2. The molecule has 2 heterocycles. The Labute approximate surface area is 123 Å². The third-order valence-corrected chi connectivity index (χ3v) is 3.36. The molecule has 5 nitrogen and oxygen atoms in total. The molecule has 1 aromatic heterocycles. The molecular formula is C16H17N3O2. The zero-order valence-corrected chi connectivity index (χ0v) is 11.6. The second kappa shape index (κ2) is 6.26. The van der Waals surface area contributed by atoms with Crippen molar-refractivity contribution in [2.24, 2.45) is 4.99 Å². The first kappa shape index (κ1) is 13.4. The molecule has 108 valence electrons. The Hall–Kier alpha value is -2.56. The minimum Gasteiger partial charge on any atom is -0.459 e. The highest BCUT2D eigenvalue weighted by Gasteiger charge is 2.14. The largest absolute Gasteiger partial charge is 0.459 e. The van der Waals surface area contributed by atoms with Crippen LogP contribution >= 0.6 is 0 Å². The zero-order chi connectivity index (χ0) is 14.5. The molecule has 1 aromatic carbocycles. The van der Waals surface area contributed by atoms with E-state index < -0.39 is 0 Å². The van der Waals surface area contributed by atoms with E-state index in [0.29, 0.717) is 12.3 Å². The predicted molar refractivity (Wildman–Crippen MR) is 80.3 cm³/mol. The number of aliphatic imine (C=N–C) groups is 1. The smallest absolute Gasteiger partial charge is 0.286 e. The van der Waals surface area contributed by atoms with Crippen LogP contribution in [0.3, 0.4) is 0 Å². The van der Waals surface area contributed by atoms with Crippen LogP contribution in [0.5, 0.6) is 0 Å². The van der Waals surface area contributed by atoms with Gasteiger partial charge in [-0.2, -0.15) is 0 Å². The molecule has 21 heavy (non-hydrogen) atoms. The fraction of sp³-hybridized carbons (Fsp3) is 0.250. The van der Waals surface area contributed by atoms with Gasteiger partial charge in [0.2, 0.25) is 0 Å². The number of benzene rings is 1. The number of fused-ring (bicyclic) bond motifs is 1. The van der Waals surface area contributed by atoms with E-state index in [1.807, 2.05) is 12.1 Å². The maximum atomic E-state index is 11.6. The molecule has 0 unspecified atom stereocenters. The molecule has 3 rings (SSSR count). The van der Waals surface area contributed by atoms with Crippen molar-refractivity contribution in [3.05, 3.63) is 59.5 Å². The quantitative estimate of drug-likeness (QED) is 0.824. The monoisotopic (exact) mass is 283 g/mol. The van der Waals surface area contributed by atoms with Crippen molar-refractivity contribution in [3.8, 4) is 0 Å². The second-order valence-electron chi connectivity index (χ2n) is 4.84. The molecule has 0 saturated carbocycles. The molecule has 1 aliphatic rings. The van der Waals surface area contributed by atoms with Crippen LogP contribution in [-0.2, 0) is 6.54 Å². The number of furan rings is 1.